The van der Waals surface area contributed by atoms with Crippen molar-refractivity contribution in [1.82, 2.24) is 0 Å². The van der Waals surface area contributed by atoms with Gasteiger partial charge in [-0.3, -0.25) is 4.79 Å². The quantitative estimate of drug-likeness (QED) is 0.573. The van der Waals surface area contributed by atoms with E-state index in [0.29, 0.717) is 22.0 Å². The van der Waals surface area contributed by atoms with Crippen molar-refractivity contribution < 1.29 is 9.53 Å². The number of carbonyl (C=O) groups excluding carboxylic acids is 1. The van der Waals surface area contributed by atoms with Crippen LogP contribution in [-0.2, 0) is 16.0 Å². The van der Waals surface area contributed by atoms with Crippen LogP contribution in [0.2, 0.25) is 5.02 Å². The van der Waals surface area contributed by atoms with Crippen LogP contribution in [0.5, 0.6) is 0 Å². The van der Waals surface area contributed by atoms with E-state index in [9.17, 15) is 4.79 Å². The highest BCUT2D eigenvalue weighted by molar-refractivity contribution is 6.35. The number of carbonyl (C=O) groups is 1. The summed E-state index contributed by atoms with van der Waals surface area (Å²) >= 11 is 5.75. The fourth-order valence-corrected chi connectivity index (χ4v) is 1.18. The van der Waals surface area contributed by atoms with Crippen LogP contribution < -0.4 is 11.5 Å². The van der Waals surface area contributed by atoms with Gasteiger partial charge in [0.15, 0.2) is 0 Å². The molecule has 1 aromatic rings. The third kappa shape index (κ3) is 2.29. The first-order valence-corrected chi connectivity index (χ1v) is 4.32. The summed E-state index contributed by atoms with van der Waals surface area (Å²) in [5, 5.41) is 0.318. The standard InChI is InChI=1S/C9H11ClN2O2/c1-14-8(13)4-5-2-6(11)9(10)7(12)3-5/h2-3H,4,11-12H2,1H3. The van der Waals surface area contributed by atoms with E-state index < -0.39 is 0 Å². The zero-order valence-corrected chi connectivity index (χ0v) is 8.47. The molecule has 0 saturated carbocycles. The summed E-state index contributed by atoms with van der Waals surface area (Å²) < 4.78 is 4.51. The van der Waals surface area contributed by atoms with Crippen LogP contribution >= 0.6 is 11.6 Å². The van der Waals surface area contributed by atoms with Gasteiger partial charge in [-0.15, -0.1) is 0 Å². The predicted octanol–water partition coefficient (Wildman–Crippen LogP) is 1.22. The summed E-state index contributed by atoms with van der Waals surface area (Å²) in [5.41, 5.74) is 12.6. The van der Waals surface area contributed by atoms with Gasteiger partial charge in [-0.25, -0.2) is 0 Å². The highest BCUT2D eigenvalue weighted by atomic mass is 35.5. The number of ether oxygens (including phenoxy) is 1. The van der Waals surface area contributed by atoms with Crippen molar-refractivity contribution in [3.8, 4) is 0 Å². The van der Waals surface area contributed by atoms with Crippen LogP contribution in [-0.4, -0.2) is 13.1 Å². The highest BCUT2D eigenvalue weighted by Gasteiger charge is 2.07. The number of esters is 1. The predicted molar refractivity (Wildman–Crippen MR) is 56.0 cm³/mol. The molecule has 0 saturated heterocycles. The fraction of sp³-hybridized carbons (Fsp3) is 0.222. The minimum Gasteiger partial charge on any atom is -0.469 e. The van der Waals surface area contributed by atoms with E-state index in [0.717, 1.165) is 0 Å². The Labute approximate surface area is 86.8 Å². The third-order valence-corrected chi connectivity index (χ3v) is 2.20. The van der Waals surface area contributed by atoms with Crippen LogP contribution in [0.25, 0.3) is 0 Å². The van der Waals surface area contributed by atoms with Crippen molar-refractivity contribution in [1.29, 1.82) is 0 Å². The molecule has 0 heterocycles. The molecule has 0 fully saturated rings. The number of anilines is 2. The van der Waals surface area contributed by atoms with E-state index in [1.54, 1.807) is 12.1 Å². The van der Waals surface area contributed by atoms with Crippen molar-refractivity contribution >= 4 is 28.9 Å². The second-order valence-corrected chi connectivity index (χ2v) is 3.22. The average molecular weight is 215 g/mol. The van der Waals surface area contributed by atoms with Crippen LogP contribution in [0.4, 0.5) is 11.4 Å². The van der Waals surface area contributed by atoms with Crippen molar-refractivity contribution in [2.24, 2.45) is 0 Å². The second-order valence-electron chi connectivity index (χ2n) is 2.84. The molecule has 14 heavy (non-hydrogen) atoms. The average Bonchev–Trinajstić information content (AvgIpc) is 2.14. The number of rotatable bonds is 2. The smallest absolute Gasteiger partial charge is 0.309 e. The SMILES string of the molecule is COC(=O)Cc1cc(N)c(Cl)c(N)c1. The maximum absolute atomic E-state index is 11.0. The maximum atomic E-state index is 11.0. The van der Waals surface area contributed by atoms with Gasteiger partial charge in [-0.2, -0.15) is 0 Å². The van der Waals surface area contributed by atoms with E-state index in [4.69, 9.17) is 23.1 Å². The Hall–Kier alpha value is -1.42. The monoisotopic (exact) mass is 214 g/mol. The molecule has 0 aliphatic heterocycles. The molecule has 0 radical (unpaired) electrons. The molecular weight excluding hydrogens is 204 g/mol. The van der Waals surface area contributed by atoms with Crippen LogP contribution in [0.1, 0.15) is 5.56 Å². The lowest BCUT2D eigenvalue weighted by Crippen LogP contribution is -2.05. The Morgan fingerprint density at radius 2 is 1.93 bits per heavy atom. The molecular formula is C9H11ClN2O2. The van der Waals surface area contributed by atoms with Gasteiger partial charge in [0, 0.05) is 0 Å². The first-order valence-electron chi connectivity index (χ1n) is 3.94. The van der Waals surface area contributed by atoms with Gasteiger partial charge < -0.3 is 16.2 Å². The summed E-state index contributed by atoms with van der Waals surface area (Å²) in [5.74, 6) is -0.342. The minimum absolute atomic E-state index is 0.141. The van der Waals surface area contributed by atoms with Crippen LogP contribution in [0, 0.1) is 0 Å². The number of nitrogens with two attached hydrogens (primary N) is 2. The van der Waals surface area contributed by atoms with E-state index in [2.05, 4.69) is 4.74 Å². The first kappa shape index (κ1) is 10.7. The van der Waals surface area contributed by atoms with Crippen LogP contribution in [0.15, 0.2) is 12.1 Å². The van der Waals surface area contributed by atoms with Gasteiger partial charge in [-0.05, 0) is 17.7 Å². The summed E-state index contributed by atoms with van der Waals surface area (Å²) in [6.45, 7) is 0. The normalized spacial score (nSPS) is 9.86. The van der Waals surface area contributed by atoms with E-state index >= 15 is 0 Å². The zero-order chi connectivity index (χ0) is 10.7. The van der Waals surface area contributed by atoms with Gasteiger partial charge in [0.05, 0.1) is 29.9 Å². The van der Waals surface area contributed by atoms with Crippen molar-refractivity contribution in [2.45, 2.75) is 6.42 Å². The van der Waals surface area contributed by atoms with Crippen molar-refractivity contribution in [3.63, 3.8) is 0 Å². The molecule has 4 nitrogen and oxygen atoms in total. The van der Waals surface area contributed by atoms with Gasteiger partial charge in [-0.1, -0.05) is 11.6 Å². The number of hydrogen-bond acceptors (Lipinski definition) is 4. The Bertz CT molecular complexity index is 343. The lowest BCUT2D eigenvalue weighted by Gasteiger charge is -2.06. The molecule has 5 heteroatoms. The summed E-state index contributed by atoms with van der Waals surface area (Å²) in [6, 6.07) is 3.21. The molecule has 0 unspecified atom stereocenters. The number of nitrogen functional groups attached to an aromatic ring is 2. The Balaban J connectivity index is 2.95. The molecule has 1 rings (SSSR count). The summed E-state index contributed by atoms with van der Waals surface area (Å²) in [6.07, 6.45) is 0.141. The number of benzene rings is 1. The summed E-state index contributed by atoms with van der Waals surface area (Å²) in [4.78, 5) is 11.0. The van der Waals surface area contributed by atoms with Gasteiger partial charge in [0.25, 0.3) is 0 Å². The van der Waals surface area contributed by atoms with Gasteiger partial charge in [0.1, 0.15) is 0 Å². The molecule has 0 aromatic heterocycles. The molecule has 1 aromatic carbocycles. The third-order valence-electron chi connectivity index (χ3n) is 1.76. The first-order chi connectivity index (χ1) is 6.54. The van der Waals surface area contributed by atoms with Crippen LogP contribution in [0.3, 0.4) is 0 Å². The highest BCUT2D eigenvalue weighted by Crippen LogP contribution is 2.27. The Morgan fingerprint density at radius 3 is 2.36 bits per heavy atom. The Morgan fingerprint density at radius 1 is 1.43 bits per heavy atom. The topological polar surface area (TPSA) is 78.3 Å². The largest absolute Gasteiger partial charge is 0.469 e. The van der Waals surface area contributed by atoms with E-state index in [1.807, 2.05) is 0 Å². The number of halogens is 1. The van der Waals surface area contributed by atoms with Crippen molar-refractivity contribution in [2.75, 3.05) is 18.6 Å². The van der Waals surface area contributed by atoms with Gasteiger partial charge in [0.2, 0.25) is 0 Å². The van der Waals surface area contributed by atoms with E-state index in [1.165, 1.54) is 7.11 Å². The minimum atomic E-state index is -0.342. The zero-order valence-electron chi connectivity index (χ0n) is 7.71. The molecule has 0 aliphatic carbocycles. The lowest BCUT2D eigenvalue weighted by atomic mass is 10.1. The maximum Gasteiger partial charge on any atom is 0.309 e. The molecule has 0 atom stereocenters. The summed E-state index contributed by atoms with van der Waals surface area (Å²) in [7, 11) is 1.32. The molecule has 0 aliphatic rings. The second kappa shape index (κ2) is 4.19. The molecule has 76 valence electrons. The Kier molecular flexibility index (Phi) is 3.19. The fourth-order valence-electron chi connectivity index (χ4n) is 1.08. The van der Waals surface area contributed by atoms with Gasteiger partial charge >= 0.3 is 5.97 Å². The molecule has 0 amide bonds. The van der Waals surface area contributed by atoms with E-state index in [-0.39, 0.29) is 12.4 Å². The van der Waals surface area contributed by atoms with Crippen molar-refractivity contribution in [3.05, 3.63) is 22.7 Å². The lowest BCUT2D eigenvalue weighted by molar-refractivity contribution is -0.139. The number of methoxy groups -OCH3 is 1. The molecule has 0 spiro atoms. The molecule has 0 bridgehead atoms. The number of hydrogen-bond donors (Lipinski definition) is 2. The molecule has 4 N–H and O–H groups in total.